The average Bonchev–Trinajstić information content (AvgIpc) is 2.25. The molecule has 3 rings (SSSR count). The summed E-state index contributed by atoms with van der Waals surface area (Å²) in [6.45, 7) is 1.79. The van der Waals surface area contributed by atoms with Crippen molar-refractivity contribution in [3.8, 4) is 5.75 Å². The Hall–Kier alpha value is -1.06. The second-order valence-electron chi connectivity index (χ2n) is 5.04. The first-order valence-corrected chi connectivity index (χ1v) is 6.33. The maximum atomic E-state index is 5.17. The molecule has 1 saturated carbocycles. The standard InChI is InChI=1S/C14H19NO2/c1-16-14-4-2-10(3-5-14)11-6-12(7-11)15-13-8-17-9-13/h2-5,11-13,15H,6-9H2,1H3. The fraction of sp³-hybridized carbons (Fsp3) is 0.571. The molecule has 1 aromatic carbocycles. The minimum atomic E-state index is 0.608. The van der Waals surface area contributed by atoms with Crippen molar-refractivity contribution in [3.05, 3.63) is 29.8 Å². The van der Waals surface area contributed by atoms with Crippen molar-refractivity contribution in [2.75, 3.05) is 20.3 Å². The van der Waals surface area contributed by atoms with Gasteiger partial charge in [-0.3, -0.25) is 0 Å². The highest BCUT2D eigenvalue weighted by Gasteiger charge is 2.33. The first-order valence-electron chi connectivity index (χ1n) is 6.33. The van der Waals surface area contributed by atoms with E-state index in [4.69, 9.17) is 9.47 Å². The SMILES string of the molecule is COc1ccc(C2CC(NC3COC3)C2)cc1. The van der Waals surface area contributed by atoms with E-state index in [0.29, 0.717) is 12.1 Å². The van der Waals surface area contributed by atoms with Gasteiger partial charge in [0.1, 0.15) is 5.75 Å². The lowest BCUT2D eigenvalue weighted by Crippen LogP contribution is -2.53. The van der Waals surface area contributed by atoms with Crippen LogP contribution in [0.25, 0.3) is 0 Å². The molecule has 0 spiro atoms. The Kier molecular flexibility index (Phi) is 3.04. The molecule has 2 fully saturated rings. The topological polar surface area (TPSA) is 30.5 Å². The van der Waals surface area contributed by atoms with Gasteiger partial charge in [-0.05, 0) is 36.5 Å². The number of rotatable bonds is 4. The van der Waals surface area contributed by atoms with Crippen molar-refractivity contribution in [2.24, 2.45) is 0 Å². The fourth-order valence-electron chi connectivity index (χ4n) is 2.57. The van der Waals surface area contributed by atoms with Gasteiger partial charge in [0.2, 0.25) is 0 Å². The molecule has 92 valence electrons. The minimum Gasteiger partial charge on any atom is -0.497 e. The van der Waals surface area contributed by atoms with Gasteiger partial charge in [0.25, 0.3) is 0 Å². The second kappa shape index (κ2) is 4.67. The monoisotopic (exact) mass is 233 g/mol. The minimum absolute atomic E-state index is 0.608. The predicted octanol–water partition coefficient (Wildman–Crippen LogP) is 1.93. The Labute approximate surface area is 102 Å². The zero-order valence-electron chi connectivity index (χ0n) is 10.2. The van der Waals surface area contributed by atoms with Crippen LogP contribution in [0.2, 0.25) is 0 Å². The summed E-state index contributed by atoms with van der Waals surface area (Å²) in [4.78, 5) is 0. The van der Waals surface area contributed by atoms with Crippen molar-refractivity contribution < 1.29 is 9.47 Å². The van der Waals surface area contributed by atoms with Crippen LogP contribution in [-0.2, 0) is 4.74 Å². The predicted molar refractivity (Wildman–Crippen MR) is 66.5 cm³/mol. The molecule has 17 heavy (non-hydrogen) atoms. The van der Waals surface area contributed by atoms with Gasteiger partial charge in [0.15, 0.2) is 0 Å². The summed E-state index contributed by atoms with van der Waals surface area (Å²) < 4.78 is 10.3. The maximum Gasteiger partial charge on any atom is 0.118 e. The summed E-state index contributed by atoms with van der Waals surface area (Å²) in [6, 6.07) is 9.78. The van der Waals surface area contributed by atoms with Crippen LogP contribution in [0.4, 0.5) is 0 Å². The number of ether oxygens (including phenoxy) is 2. The molecule has 1 aliphatic heterocycles. The first-order chi connectivity index (χ1) is 8.35. The van der Waals surface area contributed by atoms with E-state index in [1.165, 1.54) is 18.4 Å². The third kappa shape index (κ3) is 2.31. The van der Waals surface area contributed by atoms with Crippen molar-refractivity contribution in [1.82, 2.24) is 5.32 Å². The maximum absolute atomic E-state index is 5.17. The van der Waals surface area contributed by atoms with E-state index in [2.05, 4.69) is 29.6 Å². The number of nitrogens with one attached hydrogen (secondary N) is 1. The third-order valence-corrected chi connectivity index (χ3v) is 3.83. The highest BCUT2D eigenvalue weighted by atomic mass is 16.5. The summed E-state index contributed by atoms with van der Waals surface area (Å²) in [7, 11) is 1.71. The van der Waals surface area contributed by atoms with E-state index in [1.807, 2.05) is 0 Å². The van der Waals surface area contributed by atoms with Gasteiger partial charge in [-0.25, -0.2) is 0 Å². The van der Waals surface area contributed by atoms with Crippen LogP contribution in [0, 0.1) is 0 Å². The molecular formula is C14H19NO2. The molecule has 0 amide bonds. The lowest BCUT2D eigenvalue weighted by molar-refractivity contribution is -0.0157. The van der Waals surface area contributed by atoms with Crippen LogP contribution in [0.3, 0.4) is 0 Å². The average molecular weight is 233 g/mol. The van der Waals surface area contributed by atoms with Crippen LogP contribution >= 0.6 is 0 Å². The zero-order valence-corrected chi connectivity index (χ0v) is 10.2. The number of methoxy groups -OCH3 is 1. The van der Waals surface area contributed by atoms with Crippen molar-refractivity contribution >= 4 is 0 Å². The molecule has 2 aliphatic rings. The number of hydrogen-bond acceptors (Lipinski definition) is 3. The molecule has 1 aliphatic carbocycles. The fourth-order valence-corrected chi connectivity index (χ4v) is 2.57. The van der Waals surface area contributed by atoms with E-state index >= 15 is 0 Å². The van der Waals surface area contributed by atoms with Crippen molar-refractivity contribution in [2.45, 2.75) is 30.8 Å². The van der Waals surface area contributed by atoms with Crippen LogP contribution in [0.15, 0.2) is 24.3 Å². The van der Waals surface area contributed by atoms with Gasteiger partial charge >= 0.3 is 0 Å². The molecular weight excluding hydrogens is 214 g/mol. The van der Waals surface area contributed by atoms with Crippen LogP contribution in [0.5, 0.6) is 5.75 Å². The Morgan fingerprint density at radius 2 is 1.82 bits per heavy atom. The van der Waals surface area contributed by atoms with Crippen LogP contribution in [-0.4, -0.2) is 32.4 Å². The molecule has 3 nitrogen and oxygen atoms in total. The molecule has 0 radical (unpaired) electrons. The normalized spacial score (nSPS) is 28.3. The lowest BCUT2D eigenvalue weighted by Gasteiger charge is -2.41. The zero-order chi connectivity index (χ0) is 11.7. The molecule has 3 heteroatoms. The van der Waals surface area contributed by atoms with Crippen molar-refractivity contribution in [1.29, 1.82) is 0 Å². The Bertz CT molecular complexity index is 366. The first kappa shape index (κ1) is 11.1. The van der Waals surface area contributed by atoms with E-state index in [1.54, 1.807) is 7.11 Å². The van der Waals surface area contributed by atoms with E-state index < -0.39 is 0 Å². The molecule has 0 unspecified atom stereocenters. The van der Waals surface area contributed by atoms with Gasteiger partial charge in [0.05, 0.1) is 26.4 Å². The van der Waals surface area contributed by atoms with Gasteiger partial charge in [-0.15, -0.1) is 0 Å². The van der Waals surface area contributed by atoms with Gasteiger partial charge < -0.3 is 14.8 Å². The molecule has 1 N–H and O–H groups in total. The molecule has 1 heterocycles. The van der Waals surface area contributed by atoms with Crippen LogP contribution < -0.4 is 10.1 Å². The van der Waals surface area contributed by atoms with Gasteiger partial charge in [-0.1, -0.05) is 12.1 Å². The van der Waals surface area contributed by atoms with Gasteiger partial charge in [0, 0.05) is 6.04 Å². The summed E-state index contributed by atoms with van der Waals surface area (Å²) in [6.07, 6.45) is 2.51. The number of benzene rings is 1. The molecule has 1 aromatic rings. The Morgan fingerprint density at radius 3 is 2.35 bits per heavy atom. The molecule has 0 atom stereocenters. The largest absolute Gasteiger partial charge is 0.497 e. The van der Waals surface area contributed by atoms with E-state index in [9.17, 15) is 0 Å². The molecule has 1 saturated heterocycles. The highest BCUT2D eigenvalue weighted by Crippen LogP contribution is 2.37. The number of hydrogen-bond donors (Lipinski definition) is 1. The third-order valence-electron chi connectivity index (χ3n) is 3.83. The smallest absolute Gasteiger partial charge is 0.118 e. The summed E-state index contributed by atoms with van der Waals surface area (Å²) >= 11 is 0. The van der Waals surface area contributed by atoms with Gasteiger partial charge in [-0.2, -0.15) is 0 Å². The van der Waals surface area contributed by atoms with E-state index in [0.717, 1.165) is 24.9 Å². The summed E-state index contributed by atoms with van der Waals surface area (Å²) in [5, 5.41) is 3.63. The quantitative estimate of drug-likeness (QED) is 0.862. The summed E-state index contributed by atoms with van der Waals surface area (Å²) in [5.41, 5.74) is 1.44. The molecule has 0 aromatic heterocycles. The molecule has 0 bridgehead atoms. The summed E-state index contributed by atoms with van der Waals surface area (Å²) in [5.74, 6) is 1.66. The van der Waals surface area contributed by atoms with E-state index in [-0.39, 0.29) is 0 Å². The second-order valence-corrected chi connectivity index (χ2v) is 5.04. The van der Waals surface area contributed by atoms with Crippen LogP contribution in [0.1, 0.15) is 24.3 Å². The Balaban J connectivity index is 1.50. The highest BCUT2D eigenvalue weighted by molar-refractivity contribution is 5.30. The Morgan fingerprint density at radius 1 is 1.12 bits per heavy atom. The lowest BCUT2D eigenvalue weighted by atomic mass is 9.75. The van der Waals surface area contributed by atoms with Crippen molar-refractivity contribution in [3.63, 3.8) is 0 Å².